The van der Waals surface area contributed by atoms with E-state index in [-0.39, 0.29) is 0 Å². The van der Waals surface area contributed by atoms with Crippen LogP contribution in [0.3, 0.4) is 0 Å². The van der Waals surface area contributed by atoms with E-state index in [1.807, 2.05) is 19.1 Å². The monoisotopic (exact) mass is 188 g/mol. The number of hydrogen-bond donors (Lipinski definition) is 1. The van der Waals surface area contributed by atoms with Crippen molar-refractivity contribution in [3.05, 3.63) is 59.9 Å². The van der Waals surface area contributed by atoms with Gasteiger partial charge in [-0.15, -0.1) is 0 Å². The summed E-state index contributed by atoms with van der Waals surface area (Å²) >= 11 is 0. The van der Waals surface area contributed by atoms with Gasteiger partial charge in [0.15, 0.2) is 0 Å². The first-order valence-corrected chi connectivity index (χ1v) is 4.74. The van der Waals surface area contributed by atoms with Gasteiger partial charge in [0, 0.05) is 5.57 Å². The van der Waals surface area contributed by atoms with E-state index >= 15 is 0 Å². The smallest absolute Gasteiger partial charge is 0.119 e. The Kier molecular flexibility index (Phi) is 3.52. The van der Waals surface area contributed by atoms with E-state index in [1.54, 1.807) is 12.2 Å². The molecule has 0 aromatic carbocycles. The Morgan fingerprint density at radius 2 is 2.29 bits per heavy atom. The molecular formula is C13H16O. The average Bonchev–Trinajstić information content (AvgIpc) is 2.15. The molecule has 1 N–H and O–H groups in total. The second-order valence-electron chi connectivity index (χ2n) is 3.45. The second kappa shape index (κ2) is 4.66. The number of aliphatic hydroxyl groups excluding tert-OH is 1. The summed E-state index contributed by atoms with van der Waals surface area (Å²) in [7, 11) is 0. The summed E-state index contributed by atoms with van der Waals surface area (Å²) in [6.07, 6.45) is 9.26. The molecule has 0 fully saturated rings. The van der Waals surface area contributed by atoms with Crippen molar-refractivity contribution in [3.63, 3.8) is 0 Å². The van der Waals surface area contributed by atoms with Gasteiger partial charge < -0.3 is 5.11 Å². The average molecular weight is 188 g/mol. The van der Waals surface area contributed by atoms with Crippen molar-refractivity contribution < 1.29 is 5.11 Å². The molecule has 0 unspecified atom stereocenters. The van der Waals surface area contributed by atoms with Crippen LogP contribution in [0.1, 0.15) is 19.8 Å². The van der Waals surface area contributed by atoms with Crippen LogP contribution in [0.25, 0.3) is 0 Å². The molecule has 14 heavy (non-hydrogen) atoms. The lowest BCUT2D eigenvalue weighted by molar-refractivity contribution is 0.421. The Balaban J connectivity index is 3.06. The summed E-state index contributed by atoms with van der Waals surface area (Å²) in [5.41, 5.74) is 2.90. The van der Waals surface area contributed by atoms with Gasteiger partial charge in [-0.1, -0.05) is 37.0 Å². The highest BCUT2D eigenvalue weighted by Crippen LogP contribution is 2.25. The molecule has 0 aliphatic heterocycles. The van der Waals surface area contributed by atoms with Crippen molar-refractivity contribution in [1.29, 1.82) is 0 Å². The predicted molar refractivity (Wildman–Crippen MR) is 61.1 cm³/mol. The predicted octanol–water partition coefficient (Wildman–Crippen LogP) is 3.84. The van der Waals surface area contributed by atoms with E-state index in [1.165, 1.54) is 0 Å². The van der Waals surface area contributed by atoms with E-state index in [0.717, 1.165) is 29.6 Å². The molecule has 0 heterocycles. The number of allylic oxidation sites excluding steroid dienone is 7. The lowest BCUT2D eigenvalue weighted by Gasteiger charge is -2.12. The molecule has 0 aromatic heterocycles. The summed E-state index contributed by atoms with van der Waals surface area (Å²) in [4.78, 5) is 0. The van der Waals surface area contributed by atoms with Crippen molar-refractivity contribution in [2.45, 2.75) is 19.8 Å². The zero-order valence-corrected chi connectivity index (χ0v) is 8.59. The number of rotatable bonds is 3. The fraction of sp³-hybridized carbons (Fsp3) is 0.231. The molecule has 0 atom stereocenters. The van der Waals surface area contributed by atoms with Crippen LogP contribution in [0, 0.1) is 0 Å². The third-order valence-electron chi connectivity index (χ3n) is 2.12. The molecule has 74 valence electrons. The molecular weight excluding hydrogens is 172 g/mol. The summed E-state index contributed by atoms with van der Waals surface area (Å²) in [5, 5.41) is 9.66. The molecule has 1 aliphatic carbocycles. The maximum atomic E-state index is 9.66. The Bertz CT molecular complexity index is 340. The lowest BCUT2D eigenvalue weighted by atomic mass is 9.95. The van der Waals surface area contributed by atoms with Gasteiger partial charge in [-0.25, -0.2) is 0 Å². The van der Waals surface area contributed by atoms with Gasteiger partial charge >= 0.3 is 0 Å². The van der Waals surface area contributed by atoms with E-state index in [2.05, 4.69) is 13.2 Å². The fourth-order valence-electron chi connectivity index (χ4n) is 1.48. The summed E-state index contributed by atoms with van der Waals surface area (Å²) in [6.45, 7) is 9.49. The van der Waals surface area contributed by atoms with Gasteiger partial charge in [-0.3, -0.25) is 0 Å². The Morgan fingerprint density at radius 1 is 1.57 bits per heavy atom. The van der Waals surface area contributed by atoms with E-state index in [4.69, 9.17) is 0 Å². The molecule has 1 nitrogen and oxygen atoms in total. The Hall–Kier alpha value is -1.50. The van der Waals surface area contributed by atoms with Gasteiger partial charge in [0.05, 0.1) is 0 Å². The molecule has 0 saturated carbocycles. The van der Waals surface area contributed by atoms with Crippen LogP contribution in [0.2, 0.25) is 0 Å². The van der Waals surface area contributed by atoms with E-state index in [9.17, 15) is 5.11 Å². The van der Waals surface area contributed by atoms with E-state index in [0.29, 0.717) is 5.76 Å². The summed E-state index contributed by atoms with van der Waals surface area (Å²) in [5.74, 6) is 0.351. The van der Waals surface area contributed by atoms with Crippen LogP contribution in [-0.2, 0) is 0 Å². The highest BCUT2D eigenvalue weighted by molar-refractivity contribution is 5.47. The molecule has 0 radical (unpaired) electrons. The third kappa shape index (κ3) is 2.49. The fourth-order valence-corrected chi connectivity index (χ4v) is 1.48. The summed E-state index contributed by atoms with van der Waals surface area (Å²) in [6, 6.07) is 0. The Labute approximate surface area is 85.5 Å². The normalized spacial score (nSPS) is 17.1. The number of aliphatic hydroxyl groups is 1. The van der Waals surface area contributed by atoms with Crippen molar-refractivity contribution in [2.24, 2.45) is 0 Å². The molecule has 1 rings (SSSR count). The SMILES string of the molecule is C=C/C(=C\C(=C)C)C1=C(O)C=CCC1. The lowest BCUT2D eigenvalue weighted by Crippen LogP contribution is -1.96. The van der Waals surface area contributed by atoms with Gasteiger partial charge in [0.2, 0.25) is 0 Å². The van der Waals surface area contributed by atoms with Crippen LogP contribution in [0.15, 0.2) is 59.9 Å². The molecule has 0 bridgehead atoms. The standard InChI is InChI=1S/C13H16O/c1-4-11(9-10(2)3)12-7-5-6-8-13(12)14/h4,6,8-9,14H,1-2,5,7H2,3H3/b11-9+. The minimum atomic E-state index is 0.351. The van der Waals surface area contributed by atoms with Crippen molar-refractivity contribution >= 4 is 0 Å². The molecule has 1 heteroatoms. The van der Waals surface area contributed by atoms with E-state index < -0.39 is 0 Å². The van der Waals surface area contributed by atoms with Gasteiger partial charge in [0.25, 0.3) is 0 Å². The topological polar surface area (TPSA) is 20.2 Å². The van der Waals surface area contributed by atoms with Crippen molar-refractivity contribution in [3.8, 4) is 0 Å². The minimum Gasteiger partial charge on any atom is -0.508 e. The first kappa shape index (κ1) is 10.6. The zero-order chi connectivity index (χ0) is 10.6. The maximum absolute atomic E-state index is 9.66. The van der Waals surface area contributed by atoms with Gasteiger partial charge in [0.1, 0.15) is 5.76 Å². The minimum absolute atomic E-state index is 0.351. The van der Waals surface area contributed by atoms with Crippen LogP contribution < -0.4 is 0 Å². The molecule has 0 saturated heterocycles. The maximum Gasteiger partial charge on any atom is 0.119 e. The van der Waals surface area contributed by atoms with Crippen LogP contribution in [0.4, 0.5) is 0 Å². The largest absolute Gasteiger partial charge is 0.508 e. The molecule has 0 spiro atoms. The molecule has 0 amide bonds. The highest BCUT2D eigenvalue weighted by atomic mass is 16.3. The van der Waals surface area contributed by atoms with Crippen molar-refractivity contribution in [1.82, 2.24) is 0 Å². The van der Waals surface area contributed by atoms with Crippen LogP contribution in [-0.4, -0.2) is 5.11 Å². The highest BCUT2D eigenvalue weighted by Gasteiger charge is 2.09. The quantitative estimate of drug-likeness (QED) is 0.667. The zero-order valence-electron chi connectivity index (χ0n) is 8.59. The third-order valence-corrected chi connectivity index (χ3v) is 2.12. The summed E-state index contributed by atoms with van der Waals surface area (Å²) < 4.78 is 0. The first-order chi connectivity index (χ1) is 6.65. The second-order valence-corrected chi connectivity index (χ2v) is 3.45. The first-order valence-electron chi connectivity index (χ1n) is 4.74. The molecule has 1 aliphatic rings. The Morgan fingerprint density at radius 3 is 2.79 bits per heavy atom. The number of hydrogen-bond acceptors (Lipinski definition) is 1. The van der Waals surface area contributed by atoms with Gasteiger partial charge in [-0.2, -0.15) is 0 Å². The van der Waals surface area contributed by atoms with Gasteiger partial charge in [-0.05, 0) is 31.4 Å². The van der Waals surface area contributed by atoms with Crippen LogP contribution in [0.5, 0.6) is 0 Å². The molecule has 0 aromatic rings. The van der Waals surface area contributed by atoms with Crippen LogP contribution >= 0.6 is 0 Å². The van der Waals surface area contributed by atoms with Crippen molar-refractivity contribution in [2.75, 3.05) is 0 Å².